The molecular weight excluding hydrogens is 212 g/mol. The van der Waals surface area contributed by atoms with E-state index in [-0.39, 0.29) is 5.76 Å². The summed E-state index contributed by atoms with van der Waals surface area (Å²) in [5.74, 6) is -2.20. The maximum Gasteiger partial charge on any atom is 0.267 e. The Bertz CT molecular complexity index is 399. The van der Waals surface area contributed by atoms with E-state index in [4.69, 9.17) is 14.2 Å². The second-order valence-electron chi connectivity index (χ2n) is 3.65. The largest absolute Gasteiger partial charge is 0.492 e. The van der Waals surface area contributed by atoms with Crippen molar-refractivity contribution in [3.05, 3.63) is 23.5 Å². The Morgan fingerprint density at radius 2 is 1.88 bits per heavy atom. The first-order valence-corrected chi connectivity index (χ1v) is 4.91. The molecule has 5 heteroatoms. The average molecular weight is 224 g/mol. The van der Waals surface area contributed by atoms with Gasteiger partial charge in [0.1, 0.15) is 0 Å². The van der Waals surface area contributed by atoms with Crippen LogP contribution in [-0.2, 0) is 23.8 Å². The summed E-state index contributed by atoms with van der Waals surface area (Å²) in [6, 6.07) is 0. The molecule has 0 aromatic rings. The second-order valence-corrected chi connectivity index (χ2v) is 3.65. The molecule has 86 valence electrons. The van der Waals surface area contributed by atoms with Crippen LogP contribution in [0.5, 0.6) is 0 Å². The number of allylic oxidation sites excluding steroid dienone is 2. The zero-order valence-corrected chi connectivity index (χ0v) is 9.11. The number of hydrogen-bond donors (Lipinski definition) is 0. The fourth-order valence-electron chi connectivity index (χ4n) is 1.67. The van der Waals surface area contributed by atoms with E-state index in [1.165, 1.54) is 19.3 Å². The molecule has 1 aliphatic heterocycles. The van der Waals surface area contributed by atoms with Gasteiger partial charge in [0, 0.05) is 5.57 Å². The third-order valence-electron chi connectivity index (χ3n) is 2.60. The van der Waals surface area contributed by atoms with Gasteiger partial charge in [0.05, 0.1) is 20.3 Å². The fraction of sp³-hybridized carbons (Fsp3) is 0.455. The van der Waals surface area contributed by atoms with E-state index in [1.54, 1.807) is 6.92 Å². The lowest BCUT2D eigenvalue weighted by Crippen LogP contribution is -2.32. The summed E-state index contributed by atoms with van der Waals surface area (Å²) in [7, 11) is 1.35. The summed E-state index contributed by atoms with van der Waals surface area (Å²) in [4.78, 5) is 22.8. The molecule has 16 heavy (non-hydrogen) atoms. The van der Waals surface area contributed by atoms with Gasteiger partial charge in [-0.2, -0.15) is 0 Å². The zero-order chi connectivity index (χ0) is 11.8. The molecule has 0 spiro atoms. The smallest absolute Gasteiger partial charge is 0.267 e. The van der Waals surface area contributed by atoms with Crippen LogP contribution in [0.4, 0.5) is 0 Å². The van der Waals surface area contributed by atoms with E-state index in [1.807, 2.05) is 0 Å². The summed E-state index contributed by atoms with van der Waals surface area (Å²) in [6.07, 6.45) is 2.71. The number of carbonyl (C=O) groups is 2. The molecule has 1 aliphatic carbocycles. The highest BCUT2D eigenvalue weighted by atomic mass is 16.7. The Kier molecular flexibility index (Phi) is 2.65. The molecule has 0 atom stereocenters. The molecule has 0 aromatic heterocycles. The number of ether oxygens (including phenoxy) is 3. The van der Waals surface area contributed by atoms with Crippen LogP contribution in [0.1, 0.15) is 6.92 Å². The molecule has 0 N–H and O–H groups in total. The van der Waals surface area contributed by atoms with Crippen molar-refractivity contribution in [2.75, 3.05) is 20.3 Å². The highest BCUT2D eigenvalue weighted by molar-refractivity contribution is 6.47. The maximum atomic E-state index is 11.4. The van der Waals surface area contributed by atoms with Gasteiger partial charge in [-0.1, -0.05) is 0 Å². The SMILES string of the molecule is COC1=CC(C2(C)OCCO2)=CC(=O)C1=O. The van der Waals surface area contributed by atoms with Crippen molar-refractivity contribution < 1.29 is 23.8 Å². The maximum absolute atomic E-state index is 11.4. The minimum absolute atomic E-state index is 0.0165. The Balaban J connectivity index is 2.35. The lowest BCUT2D eigenvalue weighted by atomic mass is 9.97. The number of rotatable bonds is 2. The van der Waals surface area contributed by atoms with Crippen LogP contribution in [0.25, 0.3) is 0 Å². The molecular formula is C11H12O5. The molecule has 0 unspecified atom stereocenters. The molecule has 0 saturated carbocycles. The second kappa shape index (κ2) is 3.84. The van der Waals surface area contributed by atoms with Crippen LogP contribution in [0.3, 0.4) is 0 Å². The molecule has 2 rings (SSSR count). The minimum Gasteiger partial charge on any atom is -0.492 e. The average Bonchev–Trinajstić information content (AvgIpc) is 2.70. The lowest BCUT2D eigenvalue weighted by Gasteiger charge is -2.25. The van der Waals surface area contributed by atoms with Gasteiger partial charge in [-0.15, -0.1) is 0 Å². The van der Waals surface area contributed by atoms with Crippen molar-refractivity contribution in [2.24, 2.45) is 0 Å². The van der Waals surface area contributed by atoms with Gasteiger partial charge in [0.2, 0.25) is 5.78 Å². The molecule has 1 saturated heterocycles. The van der Waals surface area contributed by atoms with E-state index in [2.05, 4.69) is 0 Å². The van der Waals surface area contributed by atoms with E-state index >= 15 is 0 Å². The van der Waals surface area contributed by atoms with Gasteiger partial charge >= 0.3 is 0 Å². The van der Waals surface area contributed by atoms with Crippen molar-refractivity contribution >= 4 is 11.6 Å². The van der Waals surface area contributed by atoms with Gasteiger partial charge in [-0.05, 0) is 19.1 Å². The van der Waals surface area contributed by atoms with Gasteiger partial charge in [0.25, 0.3) is 5.78 Å². The summed E-state index contributed by atoms with van der Waals surface area (Å²) in [5.41, 5.74) is 0.506. The van der Waals surface area contributed by atoms with E-state index in [0.29, 0.717) is 18.8 Å². The van der Waals surface area contributed by atoms with Crippen molar-refractivity contribution in [2.45, 2.75) is 12.7 Å². The number of carbonyl (C=O) groups excluding carboxylic acids is 2. The quantitative estimate of drug-likeness (QED) is 0.500. The first-order chi connectivity index (χ1) is 7.57. The van der Waals surface area contributed by atoms with Crippen LogP contribution in [0.2, 0.25) is 0 Å². The summed E-state index contributed by atoms with van der Waals surface area (Å²) in [6.45, 7) is 2.64. The molecule has 0 amide bonds. The molecule has 1 fully saturated rings. The number of ketones is 2. The molecule has 2 aliphatic rings. The first kappa shape index (κ1) is 11.0. The lowest BCUT2D eigenvalue weighted by molar-refractivity contribution is -0.134. The van der Waals surface area contributed by atoms with Crippen LogP contribution in [-0.4, -0.2) is 37.7 Å². The highest BCUT2D eigenvalue weighted by Crippen LogP contribution is 2.31. The predicted octanol–water partition coefficient (Wildman–Crippen LogP) is 0.358. The van der Waals surface area contributed by atoms with Gasteiger partial charge in [-0.25, -0.2) is 0 Å². The number of methoxy groups -OCH3 is 1. The molecule has 0 radical (unpaired) electrons. The summed E-state index contributed by atoms with van der Waals surface area (Å²) >= 11 is 0. The Hall–Kier alpha value is -1.46. The van der Waals surface area contributed by atoms with E-state index in [0.717, 1.165) is 0 Å². The van der Waals surface area contributed by atoms with Crippen molar-refractivity contribution in [3.63, 3.8) is 0 Å². The highest BCUT2D eigenvalue weighted by Gasteiger charge is 2.38. The van der Waals surface area contributed by atoms with Crippen molar-refractivity contribution in [1.29, 1.82) is 0 Å². The third-order valence-corrected chi connectivity index (χ3v) is 2.60. The summed E-state index contributed by atoms with van der Waals surface area (Å²) < 4.78 is 15.7. The molecule has 0 bridgehead atoms. The van der Waals surface area contributed by atoms with Gasteiger partial charge in [0.15, 0.2) is 11.5 Å². The predicted molar refractivity (Wildman–Crippen MR) is 53.5 cm³/mol. The van der Waals surface area contributed by atoms with Crippen LogP contribution < -0.4 is 0 Å². The van der Waals surface area contributed by atoms with Crippen LogP contribution >= 0.6 is 0 Å². The monoisotopic (exact) mass is 224 g/mol. The van der Waals surface area contributed by atoms with Crippen molar-refractivity contribution in [1.82, 2.24) is 0 Å². The normalized spacial score (nSPS) is 24.1. The van der Waals surface area contributed by atoms with E-state index in [9.17, 15) is 9.59 Å². The topological polar surface area (TPSA) is 61.8 Å². The number of hydrogen-bond acceptors (Lipinski definition) is 5. The van der Waals surface area contributed by atoms with Crippen LogP contribution in [0.15, 0.2) is 23.5 Å². The first-order valence-electron chi connectivity index (χ1n) is 4.91. The fourth-order valence-corrected chi connectivity index (χ4v) is 1.67. The van der Waals surface area contributed by atoms with E-state index < -0.39 is 17.4 Å². The van der Waals surface area contributed by atoms with Crippen LogP contribution in [0, 0.1) is 0 Å². The summed E-state index contributed by atoms with van der Waals surface area (Å²) in [5, 5.41) is 0. The number of Topliss-reactive ketones (excluding diaryl/α,β-unsaturated/α-hetero) is 1. The Morgan fingerprint density at radius 3 is 2.44 bits per heavy atom. The standard InChI is InChI=1S/C11H12O5/c1-11(15-3-4-16-11)7-5-8(12)10(13)9(6-7)14-2/h5-6H,3-4H2,1-2H3. The third kappa shape index (κ3) is 1.68. The zero-order valence-electron chi connectivity index (χ0n) is 9.11. The van der Waals surface area contributed by atoms with Crippen molar-refractivity contribution in [3.8, 4) is 0 Å². The molecule has 1 heterocycles. The molecule has 0 aromatic carbocycles. The molecule has 5 nitrogen and oxygen atoms in total. The van der Waals surface area contributed by atoms with Gasteiger partial charge in [-0.3, -0.25) is 9.59 Å². The Morgan fingerprint density at radius 1 is 1.25 bits per heavy atom. The minimum atomic E-state index is -0.958. The Labute approximate surface area is 92.7 Å². The van der Waals surface area contributed by atoms with Gasteiger partial charge < -0.3 is 14.2 Å².